The lowest BCUT2D eigenvalue weighted by atomic mass is 9.95. The summed E-state index contributed by atoms with van der Waals surface area (Å²) in [7, 11) is 1.60. The summed E-state index contributed by atoms with van der Waals surface area (Å²) in [6.45, 7) is 8.47. The molecule has 10 heteroatoms. The number of nitrogens with zero attached hydrogens (tertiary/aromatic N) is 3. The molecule has 37 heavy (non-hydrogen) atoms. The minimum absolute atomic E-state index is 0.267. The number of methoxy groups -OCH3 is 1. The van der Waals surface area contributed by atoms with Crippen LogP contribution < -0.4 is 14.8 Å². The van der Waals surface area contributed by atoms with E-state index in [-0.39, 0.29) is 6.61 Å². The van der Waals surface area contributed by atoms with Gasteiger partial charge in [0.1, 0.15) is 12.6 Å². The summed E-state index contributed by atoms with van der Waals surface area (Å²) in [5.41, 5.74) is 4.17. The summed E-state index contributed by atoms with van der Waals surface area (Å²) >= 11 is 5.26. The van der Waals surface area contributed by atoms with Crippen molar-refractivity contribution >= 4 is 39.6 Å². The Morgan fingerprint density at radius 2 is 2.00 bits per heavy atom. The molecule has 1 aliphatic heterocycles. The van der Waals surface area contributed by atoms with Gasteiger partial charge < -0.3 is 19.5 Å². The number of halogens is 1. The molecule has 0 bridgehead atoms. The van der Waals surface area contributed by atoms with E-state index in [0.29, 0.717) is 45.0 Å². The number of ether oxygens (including phenoxy) is 3. The summed E-state index contributed by atoms with van der Waals surface area (Å²) in [6.07, 6.45) is 1.00. The SMILES string of the molecule is CCCSc1nc2n(n1)C(c1cc(Br)c(OCc3ccccc3C)c(OC)c1)C(C(=O)OCC)=C(C)N2. The van der Waals surface area contributed by atoms with E-state index in [9.17, 15) is 4.79 Å². The van der Waals surface area contributed by atoms with E-state index in [1.807, 2.05) is 37.3 Å². The van der Waals surface area contributed by atoms with Crippen molar-refractivity contribution in [2.24, 2.45) is 0 Å². The number of thioether (sulfide) groups is 1. The number of hydrogen-bond donors (Lipinski definition) is 1. The lowest BCUT2D eigenvalue weighted by molar-refractivity contribution is -0.139. The van der Waals surface area contributed by atoms with Gasteiger partial charge in [-0.25, -0.2) is 9.48 Å². The van der Waals surface area contributed by atoms with Gasteiger partial charge in [0.2, 0.25) is 11.1 Å². The van der Waals surface area contributed by atoms with Gasteiger partial charge in [0.15, 0.2) is 11.5 Å². The van der Waals surface area contributed by atoms with Crippen LogP contribution in [-0.2, 0) is 16.1 Å². The Kier molecular flexibility index (Phi) is 8.81. The lowest BCUT2D eigenvalue weighted by Crippen LogP contribution is -2.29. The van der Waals surface area contributed by atoms with Crippen LogP contribution >= 0.6 is 27.7 Å². The molecule has 0 fully saturated rings. The number of aromatic nitrogens is 3. The molecule has 2 aromatic carbocycles. The van der Waals surface area contributed by atoms with Crippen molar-refractivity contribution in [3.05, 3.63) is 68.8 Å². The summed E-state index contributed by atoms with van der Waals surface area (Å²) in [6, 6.07) is 11.3. The van der Waals surface area contributed by atoms with Crippen molar-refractivity contribution < 1.29 is 19.0 Å². The summed E-state index contributed by atoms with van der Waals surface area (Å²) in [4.78, 5) is 17.8. The van der Waals surface area contributed by atoms with Crippen molar-refractivity contribution in [1.82, 2.24) is 14.8 Å². The quantitative estimate of drug-likeness (QED) is 0.219. The number of carbonyl (C=O) groups excluding carboxylic acids is 1. The van der Waals surface area contributed by atoms with E-state index in [0.717, 1.165) is 28.9 Å². The molecule has 0 saturated heterocycles. The van der Waals surface area contributed by atoms with Crippen LogP contribution in [0.1, 0.15) is 49.9 Å². The van der Waals surface area contributed by atoms with Crippen LogP contribution in [0, 0.1) is 6.92 Å². The molecule has 1 unspecified atom stereocenters. The number of rotatable bonds is 10. The third-order valence-corrected chi connectivity index (χ3v) is 7.60. The summed E-state index contributed by atoms with van der Waals surface area (Å²) in [5.74, 6) is 2.19. The molecule has 0 radical (unpaired) electrons. The fourth-order valence-corrected chi connectivity index (χ4v) is 5.38. The normalized spacial score (nSPS) is 14.7. The Labute approximate surface area is 229 Å². The third-order valence-electron chi connectivity index (χ3n) is 5.96. The van der Waals surface area contributed by atoms with Gasteiger partial charge in [-0.3, -0.25) is 0 Å². The zero-order chi connectivity index (χ0) is 26.5. The van der Waals surface area contributed by atoms with Crippen molar-refractivity contribution in [2.45, 2.75) is 51.9 Å². The number of benzene rings is 2. The van der Waals surface area contributed by atoms with Gasteiger partial charge >= 0.3 is 5.97 Å². The maximum atomic E-state index is 13.1. The Balaban J connectivity index is 1.76. The second-order valence-electron chi connectivity index (χ2n) is 8.55. The molecule has 4 rings (SSSR count). The van der Waals surface area contributed by atoms with Crippen LogP contribution in [0.25, 0.3) is 0 Å². The van der Waals surface area contributed by atoms with Gasteiger partial charge in [0.05, 0.1) is 23.8 Å². The highest BCUT2D eigenvalue weighted by molar-refractivity contribution is 9.10. The number of carbonyl (C=O) groups is 1. The number of allylic oxidation sites excluding steroid dienone is 1. The molecule has 0 aliphatic carbocycles. The molecule has 0 amide bonds. The largest absolute Gasteiger partial charge is 0.493 e. The van der Waals surface area contributed by atoms with Crippen LogP contribution in [0.2, 0.25) is 0 Å². The number of esters is 1. The molecule has 8 nitrogen and oxygen atoms in total. The number of fused-ring (bicyclic) bond motifs is 1. The van der Waals surface area contributed by atoms with Crippen molar-refractivity contribution in [3.8, 4) is 11.5 Å². The standard InChI is InChI=1S/C27H31BrN4O4S/c1-6-12-37-27-30-26-29-17(4)22(25(33)35-7-2)23(32(26)31-27)19-13-20(28)24(21(14-19)34-5)36-15-18-11-9-8-10-16(18)3/h8-11,13-14,23H,6-7,12,15H2,1-5H3,(H,29,30,31). The predicted molar refractivity (Wildman–Crippen MR) is 148 cm³/mol. The molecular weight excluding hydrogens is 556 g/mol. The Morgan fingerprint density at radius 3 is 2.70 bits per heavy atom. The maximum absolute atomic E-state index is 13.1. The maximum Gasteiger partial charge on any atom is 0.338 e. The minimum atomic E-state index is -0.561. The van der Waals surface area contributed by atoms with Gasteiger partial charge in [-0.15, -0.1) is 5.10 Å². The van der Waals surface area contributed by atoms with E-state index in [4.69, 9.17) is 19.3 Å². The van der Waals surface area contributed by atoms with Crippen LogP contribution in [0.4, 0.5) is 5.95 Å². The van der Waals surface area contributed by atoms with Gasteiger partial charge in [-0.1, -0.05) is 43.0 Å². The zero-order valence-electron chi connectivity index (χ0n) is 21.6. The molecule has 0 saturated carbocycles. The average molecular weight is 588 g/mol. The highest BCUT2D eigenvalue weighted by Crippen LogP contribution is 2.43. The molecule has 196 valence electrons. The van der Waals surface area contributed by atoms with E-state index in [1.165, 1.54) is 0 Å². The van der Waals surface area contributed by atoms with Crippen LogP contribution in [0.15, 0.2) is 57.3 Å². The summed E-state index contributed by atoms with van der Waals surface area (Å²) < 4.78 is 19.8. The number of aryl methyl sites for hydroxylation is 1. The number of nitrogens with one attached hydrogen (secondary N) is 1. The van der Waals surface area contributed by atoms with Gasteiger partial charge in [-0.05, 0) is 71.9 Å². The number of hydrogen-bond acceptors (Lipinski definition) is 8. The smallest absolute Gasteiger partial charge is 0.338 e. The van der Waals surface area contributed by atoms with E-state index in [1.54, 1.807) is 30.5 Å². The molecule has 0 spiro atoms. The average Bonchev–Trinajstić information content (AvgIpc) is 3.28. The first-order valence-corrected chi connectivity index (χ1v) is 13.9. The first kappa shape index (κ1) is 27.1. The highest BCUT2D eigenvalue weighted by atomic mass is 79.9. The number of anilines is 1. The molecule has 1 aliphatic rings. The fraction of sp³-hybridized carbons (Fsp3) is 0.370. The minimum Gasteiger partial charge on any atom is -0.493 e. The molecule has 3 aromatic rings. The van der Waals surface area contributed by atoms with Crippen molar-refractivity contribution in [2.75, 3.05) is 24.8 Å². The topological polar surface area (TPSA) is 87.5 Å². The molecule has 1 N–H and O–H groups in total. The van der Waals surface area contributed by atoms with Crippen LogP contribution in [-0.4, -0.2) is 40.2 Å². The van der Waals surface area contributed by atoms with Crippen molar-refractivity contribution in [3.63, 3.8) is 0 Å². The van der Waals surface area contributed by atoms with E-state index < -0.39 is 12.0 Å². The highest BCUT2D eigenvalue weighted by Gasteiger charge is 2.36. The Morgan fingerprint density at radius 1 is 1.22 bits per heavy atom. The fourth-order valence-electron chi connectivity index (χ4n) is 4.13. The first-order chi connectivity index (χ1) is 17.9. The van der Waals surface area contributed by atoms with E-state index >= 15 is 0 Å². The molecule has 1 aromatic heterocycles. The van der Waals surface area contributed by atoms with Crippen LogP contribution in [0.5, 0.6) is 11.5 Å². The van der Waals surface area contributed by atoms with Gasteiger partial charge in [0, 0.05) is 11.4 Å². The predicted octanol–water partition coefficient (Wildman–Crippen LogP) is 6.29. The lowest BCUT2D eigenvalue weighted by Gasteiger charge is -2.28. The molecular formula is C27H31BrN4O4S. The van der Waals surface area contributed by atoms with Crippen molar-refractivity contribution in [1.29, 1.82) is 0 Å². The Hall–Kier alpha value is -2.98. The van der Waals surface area contributed by atoms with Gasteiger partial charge in [-0.2, -0.15) is 4.98 Å². The monoisotopic (exact) mass is 586 g/mol. The molecule has 2 heterocycles. The second-order valence-corrected chi connectivity index (χ2v) is 10.5. The Bertz CT molecular complexity index is 1320. The third kappa shape index (κ3) is 5.80. The van der Waals surface area contributed by atoms with Crippen LogP contribution in [0.3, 0.4) is 0 Å². The van der Waals surface area contributed by atoms with Gasteiger partial charge in [0.25, 0.3) is 0 Å². The second kappa shape index (κ2) is 12.0. The molecule has 1 atom stereocenters. The zero-order valence-corrected chi connectivity index (χ0v) is 24.0. The summed E-state index contributed by atoms with van der Waals surface area (Å²) in [5, 5.41) is 8.62. The van der Waals surface area contributed by atoms with E-state index in [2.05, 4.69) is 46.1 Å². The first-order valence-electron chi connectivity index (χ1n) is 12.2.